The van der Waals surface area contributed by atoms with Crippen LogP contribution in [0.15, 0.2) is 12.3 Å². The second-order valence-corrected chi connectivity index (χ2v) is 3.03. The van der Waals surface area contributed by atoms with Gasteiger partial charge in [-0.3, -0.25) is 9.89 Å². The lowest BCUT2D eigenvalue weighted by Gasteiger charge is -2.15. The number of carbonyl (C=O) groups excluding carboxylic acids is 1. The Morgan fingerprint density at radius 3 is 2.93 bits per heavy atom. The summed E-state index contributed by atoms with van der Waals surface area (Å²) in [6.45, 7) is 1.93. The topological polar surface area (TPSA) is 95.4 Å². The van der Waals surface area contributed by atoms with E-state index < -0.39 is 18.2 Å². The molecule has 0 radical (unpaired) electrons. The molecular formula is C9H14N2O4. The quantitative estimate of drug-likeness (QED) is 0.588. The van der Waals surface area contributed by atoms with Crippen molar-refractivity contribution in [1.82, 2.24) is 10.2 Å². The van der Waals surface area contributed by atoms with Crippen LogP contribution in [0.5, 0.6) is 0 Å². The molecule has 2 unspecified atom stereocenters. The summed E-state index contributed by atoms with van der Waals surface area (Å²) in [4.78, 5) is 11.0. The predicted octanol–water partition coefficient (Wildman–Crippen LogP) is -0.243. The maximum Gasteiger partial charge on any atom is 0.308 e. The number of aliphatic hydroxyl groups is 2. The third-order valence-corrected chi connectivity index (χ3v) is 1.89. The number of nitrogens with zero attached hydrogens (tertiary/aromatic N) is 1. The average molecular weight is 214 g/mol. The fourth-order valence-electron chi connectivity index (χ4n) is 1.14. The first-order valence-electron chi connectivity index (χ1n) is 4.66. The molecule has 1 aromatic heterocycles. The number of rotatable bonds is 5. The summed E-state index contributed by atoms with van der Waals surface area (Å²) in [6, 6.07) is 1.53. The van der Waals surface area contributed by atoms with Gasteiger partial charge in [0.15, 0.2) is 0 Å². The lowest BCUT2D eigenvalue weighted by molar-refractivity contribution is -0.147. The standard InChI is InChI=1S/C9H14N2O4/c1-2-15-8(13)5-7(12)9(14)6-3-4-10-11-6/h3-4,7,9,12,14H,2,5H2,1H3,(H,10,11). The summed E-state index contributed by atoms with van der Waals surface area (Å²) in [7, 11) is 0. The average Bonchev–Trinajstić information content (AvgIpc) is 2.69. The largest absolute Gasteiger partial charge is 0.466 e. The third kappa shape index (κ3) is 3.34. The van der Waals surface area contributed by atoms with Gasteiger partial charge in [-0.25, -0.2) is 0 Å². The number of hydrogen-bond acceptors (Lipinski definition) is 5. The van der Waals surface area contributed by atoms with Crippen molar-refractivity contribution in [3.05, 3.63) is 18.0 Å². The molecule has 0 spiro atoms. The van der Waals surface area contributed by atoms with E-state index in [9.17, 15) is 15.0 Å². The van der Waals surface area contributed by atoms with Crippen molar-refractivity contribution in [3.63, 3.8) is 0 Å². The Hall–Kier alpha value is -1.40. The van der Waals surface area contributed by atoms with Crippen LogP contribution < -0.4 is 0 Å². The third-order valence-electron chi connectivity index (χ3n) is 1.89. The molecule has 0 bridgehead atoms. The molecule has 0 aliphatic rings. The zero-order valence-corrected chi connectivity index (χ0v) is 8.38. The van der Waals surface area contributed by atoms with E-state index in [1.807, 2.05) is 0 Å². The van der Waals surface area contributed by atoms with Crippen LogP contribution >= 0.6 is 0 Å². The first-order chi connectivity index (χ1) is 7.15. The van der Waals surface area contributed by atoms with Crippen LogP contribution in [0.25, 0.3) is 0 Å². The van der Waals surface area contributed by atoms with Crippen LogP contribution in [0.2, 0.25) is 0 Å². The second-order valence-electron chi connectivity index (χ2n) is 3.03. The van der Waals surface area contributed by atoms with E-state index in [1.165, 1.54) is 12.3 Å². The van der Waals surface area contributed by atoms with Gasteiger partial charge in [-0.15, -0.1) is 0 Å². The van der Waals surface area contributed by atoms with Crippen LogP contribution in [-0.2, 0) is 9.53 Å². The van der Waals surface area contributed by atoms with E-state index in [-0.39, 0.29) is 13.0 Å². The lowest BCUT2D eigenvalue weighted by atomic mass is 10.1. The maximum absolute atomic E-state index is 11.0. The Morgan fingerprint density at radius 1 is 1.67 bits per heavy atom. The number of aliphatic hydroxyl groups excluding tert-OH is 2. The fraction of sp³-hybridized carbons (Fsp3) is 0.556. The molecule has 0 aromatic carbocycles. The highest BCUT2D eigenvalue weighted by molar-refractivity contribution is 5.70. The van der Waals surface area contributed by atoms with Gasteiger partial charge in [0, 0.05) is 6.20 Å². The molecule has 15 heavy (non-hydrogen) atoms. The van der Waals surface area contributed by atoms with Crippen molar-refractivity contribution in [1.29, 1.82) is 0 Å². The monoisotopic (exact) mass is 214 g/mol. The van der Waals surface area contributed by atoms with E-state index >= 15 is 0 Å². The van der Waals surface area contributed by atoms with Gasteiger partial charge in [0.2, 0.25) is 0 Å². The van der Waals surface area contributed by atoms with Crippen molar-refractivity contribution >= 4 is 5.97 Å². The number of H-pyrrole nitrogens is 1. The molecule has 1 heterocycles. The zero-order chi connectivity index (χ0) is 11.3. The van der Waals surface area contributed by atoms with E-state index in [0.717, 1.165) is 0 Å². The van der Waals surface area contributed by atoms with Crippen molar-refractivity contribution in [2.45, 2.75) is 25.6 Å². The SMILES string of the molecule is CCOC(=O)CC(O)C(O)c1ccn[nH]1. The van der Waals surface area contributed by atoms with Crippen molar-refractivity contribution < 1.29 is 19.7 Å². The van der Waals surface area contributed by atoms with Crippen LogP contribution in [0, 0.1) is 0 Å². The molecule has 0 saturated heterocycles. The Labute approximate surface area is 86.9 Å². The van der Waals surface area contributed by atoms with Gasteiger partial charge in [0.05, 0.1) is 24.8 Å². The lowest BCUT2D eigenvalue weighted by Crippen LogP contribution is -2.23. The molecule has 0 aliphatic heterocycles. The summed E-state index contributed by atoms with van der Waals surface area (Å²) >= 11 is 0. The van der Waals surface area contributed by atoms with Crippen LogP contribution in [0.4, 0.5) is 0 Å². The predicted molar refractivity (Wildman–Crippen MR) is 50.8 cm³/mol. The Morgan fingerprint density at radius 2 is 2.40 bits per heavy atom. The molecule has 0 fully saturated rings. The summed E-state index contributed by atoms with van der Waals surface area (Å²) in [5, 5.41) is 25.2. The number of hydrogen-bond donors (Lipinski definition) is 3. The molecule has 1 aromatic rings. The van der Waals surface area contributed by atoms with Crippen LogP contribution in [0.1, 0.15) is 25.1 Å². The van der Waals surface area contributed by atoms with Gasteiger partial charge in [-0.05, 0) is 13.0 Å². The highest BCUT2D eigenvalue weighted by Gasteiger charge is 2.22. The van der Waals surface area contributed by atoms with Gasteiger partial charge in [-0.1, -0.05) is 0 Å². The number of esters is 1. The minimum Gasteiger partial charge on any atom is -0.466 e. The first-order valence-corrected chi connectivity index (χ1v) is 4.66. The Balaban J connectivity index is 2.46. The fourth-order valence-corrected chi connectivity index (χ4v) is 1.14. The first kappa shape index (κ1) is 11.7. The Bertz CT molecular complexity index is 299. The minimum atomic E-state index is -1.19. The Kier molecular flexibility index (Phi) is 4.26. The maximum atomic E-state index is 11.0. The molecule has 0 amide bonds. The number of carbonyl (C=O) groups is 1. The number of nitrogens with one attached hydrogen (secondary N) is 1. The molecule has 6 nitrogen and oxygen atoms in total. The van der Waals surface area contributed by atoms with Crippen molar-refractivity contribution in [2.75, 3.05) is 6.61 Å². The van der Waals surface area contributed by atoms with Gasteiger partial charge in [0.25, 0.3) is 0 Å². The molecule has 84 valence electrons. The van der Waals surface area contributed by atoms with Crippen molar-refractivity contribution in [2.24, 2.45) is 0 Å². The van der Waals surface area contributed by atoms with Crippen LogP contribution in [0.3, 0.4) is 0 Å². The van der Waals surface area contributed by atoms with Crippen LogP contribution in [-0.4, -0.2) is 39.1 Å². The van der Waals surface area contributed by atoms with E-state index in [2.05, 4.69) is 14.9 Å². The van der Waals surface area contributed by atoms with Gasteiger partial charge < -0.3 is 14.9 Å². The molecule has 6 heteroatoms. The minimum absolute atomic E-state index is 0.242. The summed E-state index contributed by atoms with van der Waals surface area (Å²) in [5.41, 5.74) is 0.367. The molecule has 0 saturated carbocycles. The number of aromatic amines is 1. The molecule has 0 aliphatic carbocycles. The van der Waals surface area contributed by atoms with E-state index in [4.69, 9.17) is 0 Å². The summed E-state index contributed by atoms with van der Waals surface area (Å²) in [6.07, 6.45) is -1.13. The molecule has 2 atom stereocenters. The summed E-state index contributed by atoms with van der Waals surface area (Å²) < 4.78 is 4.64. The molecule has 1 rings (SSSR count). The molecule has 3 N–H and O–H groups in total. The van der Waals surface area contributed by atoms with Gasteiger partial charge in [0.1, 0.15) is 6.10 Å². The molecular weight excluding hydrogens is 200 g/mol. The number of ether oxygens (including phenoxy) is 1. The van der Waals surface area contributed by atoms with Crippen molar-refractivity contribution in [3.8, 4) is 0 Å². The number of aromatic nitrogens is 2. The zero-order valence-electron chi connectivity index (χ0n) is 8.38. The highest BCUT2D eigenvalue weighted by atomic mass is 16.5. The smallest absolute Gasteiger partial charge is 0.308 e. The summed E-state index contributed by atoms with van der Waals surface area (Å²) in [5.74, 6) is -0.538. The van der Waals surface area contributed by atoms with Gasteiger partial charge >= 0.3 is 5.97 Å². The van der Waals surface area contributed by atoms with Gasteiger partial charge in [-0.2, -0.15) is 5.10 Å². The highest BCUT2D eigenvalue weighted by Crippen LogP contribution is 2.16. The normalized spacial score (nSPS) is 14.6. The van der Waals surface area contributed by atoms with E-state index in [0.29, 0.717) is 5.69 Å². The van der Waals surface area contributed by atoms with E-state index in [1.54, 1.807) is 6.92 Å². The second kappa shape index (κ2) is 5.47.